The predicted molar refractivity (Wildman–Crippen MR) is 113 cm³/mol. The number of nitrogens with one attached hydrogen (secondary N) is 1. The molecular formula is C21H25NO8S. The molecule has 0 aliphatic rings. The van der Waals surface area contributed by atoms with E-state index in [0.29, 0.717) is 17.2 Å². The lowest BCUT2D eigenvalue weighted by atomic mass is 10.1. The van der Waals surface area contributed by atoms with Gasteiger partial charge in [0.1, 0.15) is 6.54 Å². The first-order valence-corrected chi connectivity index (χ1v) is 11.0. The van der Waals surface area contributed by atoms with Crippen LogP contribution in [0.3, 0.4) is 0 Å². The molecule has 168 valence electrons. The molecule has 0 saturated carbocycles. The Bertz CT molecular complexity index is 980. The molecule has 0 aromatic heterocycles. The number of hydrogen-bond donors (Lipinski definition) is 1. The lowest BCUT2D eigenvalue weighted by Crippen LogP contribution is -2.31. The highest BCUT2D eigenvalue weighted by Crippen LogP contribution is 2.38. The number of rotatable bonds is 11. The zero-order valence-corrected chi connectivity index (χ0v) is 18.4. The van der Waals surface area contributed by atoms with Crippen molar-refractivity contribution in [2.24, 2.45) is 0 Å². The first kappa shape index (κ1) is 24.0. The van der Waals surface area contributed by atoms with Gasteiger partial charge in [0.15, 0.2) is 21.3 Å². The van der Waals surface area contributed by atoms with Crippen molar-refractivity contribution < 1.29 is 37.0 Å². The third kappa shape index (κ3) is 6.61. The molecule has 0 unspecified atom stereocenters. The molecule has 1 N–H and O–H groups in total. The smallest absolute Gasteiger partial charge is 0.325 e. The minimum Gasteiger partial charge on any atom is -0.493 e. The average molecular weight is 451 g/mol. The molecule has 0 saturated heterocycles. The molecule has 10 heteroatoms. The van der Waals surface area contributed by atoms with Crippen molar-refractivity contribution in [1.29, 1.82) is 0 Å². The van der Waals surface area contributed by atoms with Gasteiger partial charge in [0, 0.05) is 5.56 Å². The van der Waals surface area contributed by atoms with Gasteiger partial charge >= 0.3 is 5.97 Å². The fourth-order valence-electron chi connectivity index (χ4n) is 2.70. The summed E-state index contributed by atoms with van der Waals surface area (Å²) in [6.45, 7) is -0.453. The van der Waals surface area contributed by atoms with Gasteiger partial charge in [0.2, 0.25) is 5.75 Å². The summed E-state index contributed by atoms with van der Waals surface area (Å²) >= 11 is 0. The SMILES string of the molecule is COc1cc(C(=O)NCC(=O)OCCCS(=O)(=O)c2ccccc2)cc(OC)c1OC. The van der Waals surface area contributed by atoms with Gasteiger partial charge in [-0.25, -0.2) is 8.42 Å². The highest BCUT2D eigenvalue weighted by molar-refractivity contribution is 7.91. The summed E-state index contributed by atoms with van der Waals surface area (Å²) in [7, 11) is 0.861. The quantitative estimate of drug-likeness (QED) is 0.406. The molecule has 0 bridgehead atoms. The summed E-state index contributed by atoms with van der Waals surface area (Å²) in [6, 6.07) is 11.0. The molecule has 0 aliphatic carbocycles. The van der Waals surface area contributed by atoms with Crippen molar-refractivity contribution >= 4 is 21.7 Å². The molecule has 0 fully saturated rings. The van der Waals surface area contributed by atoms with Gasteiger partial charge in [-0.2, -0.15) is 0 Å². The standard InChI is InChI=1S/C21H25NO8S/c1-27-17-12-15(13-18(28-2)20(17)29-3)21(24)22-14-19(23)30-10-7-11-31(25,26)16-8-5-4-6-9-16/h4-6,8-9,12-13H,7,10-11,14H2,1-3H3,(H,22,24). The Labute approximate surface area is 181 Å². The van der Waals surface area contributed by atoms with E-state index in [0.717, 1.165) is 0 Å². The van der Waals surface area contributed by atoms with E-state index < -0.39 is 21.7 Å². The Balaban J connectivity index is 1.83. The fourth-order valence-corrected chi connectivity index (χ4v) is 4.00. The van der Waals surface area contributed by atoms with Crippen LogP contribution in [-0.4, -0.2) is 60.5 Å². The summed E-state index contributed by atoms with van der Waals surface area (Å²) in [5.74, 6) is -0.433. The Kier molecular flexibility index (Phi) is 8.68. The van der Waals surface area contributed by atoms with Crippen LogP contribution in [0.25, 0.3) is 0 Å². The van der Waals surface area contributed by atoms with Crippen LogP contribution in [0, 0.1) is 0 Å². The second-order valence-electron chi connectivity index (χ2n) is 6.30. The molecule has 0 heterocycles. The van der Waals surface area contributed by atoms with Gasteiger partial charge in [-0.05, 0) is 30.7 Å². The number of esters is 1. The Morgan fingerprint density at radius 2 is 1.55 bits per heavy atom. The third-order valence-corrected chi connectivity index (χ3v) is 6.06. The van der Waals surface area contributed by atoms with E-state index in [1.807, 2.05) is 0 Å². The topological polar surface area (TPSA) is 117 Å². The van der Waals surface area contributed by atoms with Crippen LogP contribution in [-0.2, 0) is 19.4 Å². The number of hydrogen-bond acceptors (Lipinski definition) is 8. The number of methoxy groups -OCH3 is 3. The van der Waals surface area contributed by atoms with Crippen LogP contribution in [0.4, 0.5) is 0 Å². The molecule has 31 heavy (non-hydrogen) atoms. The van der Waals surface area contributed by atoms with Gasteiger partial charge in [-0.1, -0.05) is 18.2 Å². The number of amides is 1. The van der Waals surface area contributed by atoms with E-state index in [1.165, 1.54) is 45.6 Å². The molecule has 0 atom stereocenters. The summed E-state index contributed by atoms with van der Waals surface area (Å²) < 4.78 is 44.9. The first-order chi connectivity index (χ1) is 14.8. The van der Waals surface area contributed by atoms with Crippen molar-refractivity contribution in [2.45, 2.75) is 11.3 Å². The van der Waals surface area contributed by atoms with Gasteiger partial charge in [0.05, 0.1) is 38.6 Å². The molecule has 1 amide bonds. The van der Waals surface area contributed by atoms with E-state index in [9.17, 15) is 18.0 Å². The minimum atomic E-state index is -3.43. The number of carbonyl (C=O) groups excluding carboxylic acids is 2. The molecule has 0 radical (unpaired) electrons. The van der Waals surface area contributed by atoms with E-state index >= 15 is 0 Å². The molecule has 2 aromatic rings. The van der Waals surface area contributed by atoms with Gasteiger partial charge in [-0.3, -0.25) is 9.59 Å². The highest BCUT2D eigenvalue weighted by atomic mass is 32.2. The van der Waals surface area contributed by atoms with Crippen LogP contribution in [0.1, 0.15) is 16.8 Å². The van der Waals surface area contributed by atoms with E-state index in [2.05, 4.69) is 5.32 Å². The normalized spacial score (nSPS) is 10.8. The van der Waals surface area contributed by atoms with Crippen LogP contribution >= 0.6 is 0 Å². The molecule has 2 aromatic carbocycles. The first-order valence-electron chi connectivity index (χ1n) is 9.34. The number of sulfone groups is 1. The fraction of sp³-hybridized carbons (Fsp3) is 0.333. The van der Waals surface area contributed by atoms with Crippen molar-refractivity contribution in [3.8, 4) is 17.2 Å². The number of ether oxygens (including phenoxy) is 4. The van der Waals surface area contributed by atoms with E-state index in [4.69, 9.17) is 18.9 Å². The van der Waals surface area contributed by atoms with Gasteiger partial charge in [-0.15, -0.1) is 0 Å². The summed E-state index contributed by atoms with van der Waals surface area (Å²) in [4.78, 5) is 24.4. The second-order valence-corrected chi connectivity index (χ2v) is 8.41. The molecule has 0 spiro atoms. The average Bonchev–Trinajstić information content (AvgIpc) is 2.79. The van der Waals surface area contributed by atoms with Gasteiger partial charge in [0.25, 0.3) is 5.91 Å². The lowest BCUT2D eigenvalue weighted by Gasteiger charge is -2.14. The Hall–Kier alpha value is -3.27. The summed E-state index contributed by atoms with van der Waals surface area (Å²) in [5, 5.41) is 2.44. The third-order valence-electron chi connectivity index (χ3n) is 4.24. The van der Waals surface area contributed by atoms with Crippen molar-refractivity contribution in [2.75, 3.05) is 40.2 Å². The predicted octanol–water partition coefficient (Wildman–Crippen LogP) is 1.85. The van der Waals surface area contributed by atoms with Crippen LogP contribution in [0.5, 0.6) is 17.2 Å². The largest absolute Gasteiger partial charge is 0.493 e. The van der Waals surface area contributed by atoms with Crippen LogP contribution < -0.4 is 19.5 Å². The molecular weight excluding hydrogens is 426 g/mol. The van der Waals surface area contributed by atoms with E-state index in [1.54, 1.807) is 18.2 Å². The maximum Gasteiger partial charge on any atom is 0.325 e. The molecule has 0 aliphatic heterocycles. The van der Waals surface area contributed by atoms with Crippen molar-refractivity contribution in [1.82, 2.24) is 5.32 Å². The maximum atomic E-state index is 12.4. The summed E-state index contributed by atoms with van der Waals surface area (Å²) in [5.41, 5.74) is 0.205. The zero-order valence-electron chi connectivity index (χ0n) is 17.5. The monoisotopic (exact) mass is 451 g/mol. The number of benzene rings is 2. The van der Waals surface area contributed by atoms with Crippen molar-refractivity contribution in [3.63, 3.8) is 0 Å². The zero-order chi connectivity index (χ0) is 22.9. The van der Waals surface area contributed by atoms with Crippen molar-refractivity contribution in [3.05, 3.63) is 48.0 Å². The molecule has 2 rings (SSSR count). The highest BCUT2D eigenvalue weighted by Gasteiger charge is 2.18. The second kappa shape index (κ2) is 11.2. The molecule has 9 nitrogen and oxygen atoms in total. The maximum absolute atomic E-state index is 12.4. The van der Waals surface area contributed by atoms with Crippen LogP contribution in [0.15, 0.2) is 47.4 Å². The lowest BCUT2D eigenvalue weighted by molar-refractivity contribution is -0.142. The van der Waals surface area contributed by atoms with E-state index in [-0.39, 0.29) is 35.8 Å². The van der Waals surface area contributed by atoms with Gasteiger partial charge < -0.3 is 24.3 Å². The Morgan fingerprint density at radius 3 is 2.10 bits per heavy atom. The minimum absolute atomic E-state index is 0.0784. The number of carbonyl (C=O) groups is 2. The van der Waals surface area contributed by atoms with Crippen LogP contribution in [0.2, 0.25) is 0 Å². The Morgan fingerprint density at radius 1 is 0.935 bits per heavy atom. The summed E-state index contributed by atoms with van der Waals surface area (Å²) in [6.07, 6.45) is 0.143.